The van der Waals surface area contributed by atoms with Gasteiger partial charge in [0.1, 0.15) is 6.29 Å². The van der Waals surface area contributed by atoms with Crippen molar-refractivity contribution in [1.82, 2.24) is 10.0 Å². The van der Waals surface area contributed by atoms with Gasteiger partial charge >= 0.3 is 0 Å². The molecule has 2 aliphatic heterocycles. The number of nitrogens with zero attached hydrogens (tertiary/aromatic N) is 2. The maximum atomic E-state index is 13.1. The summed E-state index contributed by atoms with van der Waals surface area (Å²) in [6.07, 6.45) is 1.92. The van der Waals surface area contributed by atoms with Gasteiger partial charge in [-0.3, -0.25) is 9.80 Å². The first kappa shape index (κ1) is 16.0. The Morgan fingerprint density at radius 2 is 1.92 bits per heavy atom. The van der Waals surface area contributed by atoms with Crippen LogP contribution in [-0.4, -0.2) is 34.8 Å². The van der Waals surface area contributed by atoms with Gasteiger partial charge in [0.05, 0.1) is 18.0 Å². The number of fused-ring (bicyclic) bond motifs is 3. The lowest BCUT2D eigenvalue weighted by Gasteiger charge is -2.37. The zero-order valence-corrected chi connectivity index (χ0v) is 14.6. The van der Waals surface area contributed by atoms with E-state index in [2.05, 4.69) is 30.1 Å². The van der Waals surface area contributed by atoms with Gasteiger partial charge in [0.25, 0.3) is 5.91 Å². The van der Waals surface area contributed by atoms with Crippen LogP contribution >= 0.6 is 0 Å². The van der Waals surface area contributed by atoms with Crippen molar-refractivity contribution in [2.75, 3.05) is 6.54 Å². The molecular formula is C21H22N2O2. The molecule has 4 rings (SSSR count). The molecule has 25 heavy (non-hydrogen) atoms. The van der Waals surface area contributed by atoms with Crippen LogP contribution in [0.15, 0.2) is 48.5 Å². The second-order valence-electron chi connectivity index (χ2n) is 7.03. The van der Waals surface area contributed by atoms with Gasteiger partial charge in [-0.25, -0.2) is 5.01 Å². The summed E-state index contributed by atoms with van der Waals surface area (Å²) in [5, 5.41) is 3.92. The van der Waals surface area contributed by atoms with E-state index >= 15 is 0 Å². The van der Waals surface area contributed by atoms with Gasteiger partial charge in [0.15, 0.2) is 0 Å². The lowest BCUT2D eigenvalue weighted by Crippen LogP contribution is -2.47. The van der Waals surface area contributed by atoms with E-state index in [0.717, 1.165) is 19.3 Å². The quantitative estimate of drug-likeness (QED) is 0.792. The van der Waals surface area contributed by atoms with Crippen LogP contribution in [0.25, 0.3) is 0 Å². The van der Waals surface area contributed by atoms with Gasteiger partial charge in [-0.2, -0.15) is 0 Å². The molecule has 4 nitrogen and oxygen atoms in total. The molecule has 0 radical (unpaired) electrons. The first-order valence-electron chi connectivity index (χ1n) is 8.81. The van der Waals surface area contributed by atoms with Crippen molar-refractivity contribution >= 4 is 12.2 Å². The zero-order chi connectivity index (χ0) is 17.6. The molecule has 2 heterocycles. The molecular weight excluding hydrogens is 312 g/mol. The molecule has 0 spiro atoms. The fourth-order valence-electron chi connectivity index (χ4n) is 4.29. The van der Waals surface area contributed by atoms with Gasteiger partial charge in [-0.15, -0.1) is 0 Å². The molecule has 128 valence electrons. The molecule has 2 aliphatic rings. The maximum Gasteiger partial charge on any atom is 0.268 e. The van der Waals surface area contributed by atoms with Gasteiger partial charge < -0.3 is 4.79 Å². The molecule has 0 bridgehead atoms. The third-order valence-corrected chi connectivity index (χ3v) is 5.52. The highest BCUT2D eigenvalue weighted by Crippen LogP contribution is 2.44. The van der Waals surface area contributed by atoms with Crippen molar-refractivity contribution in [3.63, 3.8) is 0 Å². The summed E-state index contributed by atoms with van der Waals surface area (Å²) in [5.74, 6) is -0.243. The first-order chi connectivity index (χ1) is 12.1. The molecule has 2 aromatic rings. The van der Waals surface area contributed by atoms with E-state index in [1.54, 1.807) is 0 Å². The predicted molar refractivity (Wildman–Crippen MR) is 96.0 cm³/mol. The number of rotatable bonds is 2. The van der Waals surface area contributed by atoms with Gasteiger partial charge in [-0.1, -0.05) is 42.0 Å². The summed E-state index contributed by atoms with van der Waals surface area (Å²) in [7, 11) is 0. The lowest BCUT2D eigenvalue weighted by atomic mass is 9.84. The fraction of sp³-hybridized carbons (Fsp3) is 0.333. The SMILES string of the molecule is Cc1ccc2c(c1)CCN1[C@H]2[C@@H](C=O)[C@H](C)N1C(=O)c1ccccc1. The standard InChI is InChI=1S/C21H22N2O2/c1-14-8-9-18-17(12-14)10-11-22-20(18)19(13-24)15(2)23(22)21(25)16-6-4-3-5-7-16/h3-9,12-13,15,19-20H,10-11H2,1-2H3/t15-,19-,20+/m0/s1. The average Bonchev–Trinajstić information content (AvgIpc) is 2.93. The Morgan fingerprint density at radius 1 is 1.16 bits per heavy atom. The van der Waals surface area contributed by atoms with Gasteiger partial charge in [0.2, 0.25) is 0 Å². The smallest absolute Gasteiger partial charge is 0.268 e. The van der Waals surface area contributed by atoms with E-state index in [0.29, 0.717) is 5.56 Å². The number of aldehydes is 1. The number of benzene rings is 2. The maximum absolute atomic E-state index is 13.1. The third-order valence-electron chi connectivity index (χ3n) is 5.52. The first-order valence-corrected chi connectivity index (χ1v) is 8.81. The molecule has 0 N–H and O–H groups in total. The van der Waals surface area contributed by atoms with Crippen LogP contribution in [0.1, 0.15) is 40.0 Å². The van der Waals surface area contributed by atoms with E-state index in [1.807, 2.05) is 42.3 Å². The normalized spacial score (nSPS) is 25.4. The van der Waals surface area contributed by atoms with E-state index < -0.39 is 0 Å². The second-order valence-corrected chi connectivity index (χ2v) is 7.03. The Labute approximate surface area is 148 Å². The highest BCUT2D eigenvalue weighted by molar-refractivity contribution is 5.94. The summed E-state index contributed by atoms with van der Waals surface area (Å²) in [6.45, 7) is 4.83. The highest BCUT2D eigenvalue weighted by atomic mass is 16.2. The van der Waals surface area contributed by atoms with E-state index in [9.17, 15) is 9.59 Å². The number of hydrazine groups is 1. The number of amides is 1. The fourth-order valence-corrected chi connectivity index (χ4v) is 4.29. The van der Waals surface area contributed by atoms with Crippen LogP contribution in [0.5, 0.6) is 0 Å². The van der Waals surface area contributed by atoms with Crippen LogP contribution in [0.4, 0.5) is 0 Å². The van der Waals surface area contributed by atoms with E-state index in [-0.39, 0.29) is 23.9 Å². The zero-order valence-electron chi connectivity index (χ0n) is 14.6. The van der Waals surface area contributed by atoms with Crippen molar-refractivity contribution < 1.29 is 9.59 Å². The third kappa shape index (κ3) is 2.48. The lowest BCUT2D eigenvalue weighted by molar-refractivity contribution is -0.112. The molecule has 0 unspecified atom stereocenters. The predicted octanol–water partition coefficient (Wildman–Crippen LogP) is 3.17. The minimum atomic E-state index is -0.214. The van der Waals surface area contributed by atoms with Crippen LogP contribution < -0.4 is 0 Å². The molecule has 3 atom stereocenters. The Bertz CT molecular complexity index is 818. The number of carbonyl (C=O) groups is 2. The Hall–Kier alpha value is -2.46. The number of aryl methyl sites for hydroxylation is 1. The monoisotopic (exact) mass is 334 g/mol. The van der Waals surface area contributed by atoms with Crippen LogP contribution in [0, 0.1) is 12.8 Å². The molecule has 1 fully saturated rings. The summed E-state index contributed by atoms with van der Waals surface area (Å²) in [4.78, 5) is 25.0. The van der Waals surface area contributed by atoms with Gasteiger partial charge in [0, 0.05) is 12.1 Å². The van der Waals surface area contributed by atoms with Crippen molar-refractivity contribution in [1.29, 1.82) is 0 Å². The van der Waals surface area contributed by atoms with Crippen molar-refractivity contribution in [2.45, 2.75) is 32.4 Å². The number of carbonyl (C=O) groups excluding carboxylic acids is 2. The summed E-state index contributed by atoms with van der Waals surface area (Å²) < 4.78 is 0. The molecule has 0 aromatic heterocycles. The largest absolute Gasteiger partial charge is 0.303 e. The van der Waals surface area contributed by atoms with Crippen LogP contribution in [-0.2, 0) is 11.2 Å². The molecule has 4 heteroatoms. The highest BCUT2D eigenvalue weighted by Gasteiger charge is 2.50. The van der Waals surface area contributed by atoms with E-state index in [4.69, 9.17) is 0 Å². The summed E-state index contributed by atoms with van der Waals surface area (Å²) >= 11 is 0. The topological polar surface area (TPSA) is 40.6 Å². The van der Waals surface area contributed by atoms with Gasteiger partial charge in [-0.05, 0) is 43.5 Å². The molecule has 1 amide bonds. The van der Waals surface area contributed by atoms with Crippen LogP contribution in [0.3, 0.4) is 0 Å². The van der Waals surface area contributed by atoms with E-state index in [1.165, 1.54) is 16.7 Å². The minimum Gasteiger partial charge on any atom is -0.303 e. The van der Waals surface area contributed by atoms with Crippen molar-refractivity contribution in [3.05, 3.63) is 70.8 Å². The van der Waals surface area contributed by atoms with Crippen LogP contribution in [0.2, 0.25) is 0 Å². The Kier molecular flexibility index (Phi) is 3.92. The van der Waals surface area contributed by atoms with Crippen molar-refractivity contribution in [3.8, 4) is 0 Å². The Morgan fingerprint density at radius 3 is 2.64 bits per heavy atom. The summed E-state index contributed by atoms with van der Waals surface area (Å²) in [5.41, 5.74) is 4.38. The molecule has 0 aliphatic carbocycles. The average molecular weight is 334 g/mol. The molecule has 2 aromatic carbocycles. The number of hydrogen-bond donors (Lipinski definition) is 0. The molecule has 1 saturated heterocycles. The minimum absolute atomic E-state index is 0.0296. The Balaban J connectivity index is 1.76. The molecule has 0 saturated carbocycles. The number of hydrogen-bond acceptors (Lipinski definition) is 3. The summed E-state index contributed by atoms with van der Waals surface area (Å²) in [6, 6.07) is 15.5. The second kappa shape index (κ2) is 6.12. The van der Waals surface area contributed by atoms with Crippen molar-refractivity contribution in [2.24, 2.45) is 5.92 Å².